The molecule has 0 spiro atoms. The topological polar surface area (TPSA) is 30.2 Å². The molecule has 0 aliphatic rings. The van der Waals surface area contributed by atoms with E-state index in [1.54, 1.807) is 24.3 Å². The van der Waals surface area contributed by atoms with E-state index in [-0.39, 0.29) is 5.78 Å². The maximum atomic E-state index is 12.2. The number of ketones is 1. The van der Waals surface area contributed by atoms with Crippen LogP contribution in [0.3, 0.4) is 0 Å². The smallest absolute Gasteiger partial charge is 0.198 e. The molecule has 0 aliphatic heterocycles. The minimum absolute atomic E-state index is 0.0400. The van der Waals surface area contributed by atoms with Crippen molar-refractivity contribution in [1.29, 1.82) is 0 Å². The van der Waals surface area contributed by atoms with Crippen LogP contribution < -0.4 is 0 Å². The summed E-state index contributed by atoms with van der Waals surface area (Å²) >= 11 is 5.93. The predicted molar refractivity (Wildman–Crippen MR) is 84.9 cm³/mol. The Kier molecular flexibility index (Phi) is 4.07. The second-order valence-electron chi connectivity index (χ2n) is 5.06. The summed E-state index contributed by atoms with van der Waals surface area (Å²) in [5, 5.41) is 1.51. The van der Waals surface area contributed by atoms with Crippen LogP contribution in [0.2, 0.25) is 5.02 Å². The third-order valence-electron chi connectivity index (χ3n) is 3.47. The van der Waals surface area contributed by atoms with Gasteiger partial charge in [-0.05, 0) is 42.7 Å². The number of hydrogen-bond acceptors (Lipinski definition) is 2. The first-order chi connectivity index (χ1) is 10.2. The van der Waals surface area contributed by atoms with E-state index >= 15 is 0 Å². The molecule has 0 unspecified atom stereocenters. The number of rotatable bonds is 5. The summed E-state index contributed by atoms with van der Waals surface area (Å²) in [4.78, 5) is 12.2. The summed E-state index contributed by atoms with van der Waals surface area (Å²) in [5.41, 5.74) is 1.95. The molecule has 0 saturated carbocycles. The fourth-order valence-electron chi connectivity index (χ4n) is 2.37. The van der Waals surface area contributed by atoms with E-state index in [1.807, 2.05) is 18.2 Å². The van der Waals surface area contributed by atoms with Gasteiger partial charge in [0.1, 0.15) is 5.58 Å². The number of Topliss-reactive ketones (excluding diaryl/α,β-unsaturated/α-hetero) is 1. The van der Waals surface area contributed by atoms with Crippen molar-refractivity contribution >= 4 is 28.4 Å². The summed E-state index contributed by atoms with van der Waals surface area (Å²) < 4.78 is 5.58. The van der Waals surface area contributed by atoms with Gasteiger partial charge in [-0.3, -0.25) is 4.79 Å². The molecule has 0 aliphatic carbocycles. The van der Waals surface area contributed by atoms with Gasteiger partial charge in [0.25, 0.3) is 0 Å². The van der Waals surface area contributed by atoms with Crippen molar-refractivity contribution in [2.24, 2.45) is 0 Å². The van der Waals surface area contributed by atoms with Gasteiger partial charge in [0.2, 0.25) is 0 Å². The molecule has 0 saturated heterocycles. The first kappa shape index (κ1) is 13.9. The maximum absolute atomic E-state index is 12.2. The quantitative estimate of drug-likeness (QED) is 0.599. The van der Waals surface area contributed by atoms with E-state index in [0.717, 1.165) is 18.2 Å². The zero-order valence-corrected chi connectivity index (χ0v) is 12.3. The first-order valence-electron chi connectivity index (χ1n) is 6.98. The number of carbonyl (C=O) groups excluding carboxylic acids is 1. The second-order valence-corrected chi connectivity index (χ2v) is 5.49. The maximum Gasteiger partial charge on any atom is 0.198 e. The van der Waals surface area contributed by atoms with Crippen LogP contribution in [0.25, 0.3) is 11.0 Å². The lowest BCUT2D eigenvalue weighted by Crippen LogP contribution is -1.98. The zero-order valence-electron chi connectivity index (χ0n) is 11.5. The first-order valence-corrected chi connectivity index (χ1v) is 7.36. The summed E-state index contributed by atoms with van der Waals surface area (Å²) in [6.45, 7) is 0. The van der Waals surface area contributed by atoms with E-state index < -0.39 is 0 Å². The Morgan fingerprint density at radius 1 is 1.05 bits per heavy atom. The van der Waals surface area contributed by atoms with Gasteiger partial charge in [0.05, 0.1) is 0 Å². The van der Waals surface area contributed by atoms with Gasteiger partial charge in [0, 0.05) is 16.8 Å². The molecule has 0 amide bonds. The van der Waals surface area contributed by atoms with Crippen molar-refractivity contribution in [3.63, 3.8) is 0 Å². The lowest BCUT2D eigenvalue weighted by Gasteiger charge is -1.99. The molecule has 3 heteroatoms. The Hall–Kier alpha value is -2.06. The molecular weight excluding hydrogens is 284 g/mol. The fourth-order valence-corrected chi connectivity index (χ4v) is 2.55. The minimum Gasteiger partial charge on any atom is -0.453 e. The number of benzene rings is 2. The Morgan fingerprint density at radius 2 is 1.86 bits per heavy atom. The molecule has 3 aromatic rings. The molecule has 0 radical (unpaired) electrons. The Bertz CT molecular complexity index is 759. The van der Waals surface area contributed by atoms with Crippen LogP contribution >= 0.6 is 11.6 Å². The van der Waals surface area contributed by atoms with Gasteiger partial charge >= 0.3 is 0 Å². The molecule has 3 rings (SSSR count). The van der Waals surface area contributed by atoms with Gasteiger partial charge in [-0.1, -0.05) is 41.9 Å². The highest BCUT2D eigenvalue weighted by atomic mass is 35.5. The Balaban J connectivity index is 1.64. The lowest BCUT2D eigenvalue weighted by molar-refractivity contribution is 0.0955. The summed E-state index contributed by atoms with van der Waals surface area (Å²) in [6, 6.07) is 17.3. The summed E-state index contributed by atoms with van der Waals surface area (Å²) in [6.07, 6.45) is 2.21. The van der Waals surface area contributed by atoms with Crippen LogP contribution in [-0.4, -0.2) is 5.78 Å². The Labute approximate surface area is 128 Å². The van der Waals surface area contributed by atoms with Crippen molar-refractivity contribution in [3.8, 4) is 0 Å². The van der Waals surface area contributed by atoms with Gasteiger partial charge < -0.3 is 4.42 Å². The average Bonchev–Trinajstić information content (AvgIpc) is 2.91. The molecule has 0 bridgehead atoms. The normalized spacial score (nSPS) is 10.9. The van der Waals surface area contributed by atoms with Gasteiger partial charge in [-0.15, -0.1) is 0 Å². The standard InChI is InChI=1S/C18H15ClO2/c19-15-9-10-17-14(11-15)12-18(21-17)16(20)8-4-7-13-5-2-1-3-6-13/h1-3,5-6,9-12H,4,7-8H2. The largest absolute Gasteiger partial charge is 0.453 e. The summed E-state index contributed by atoms with van der Waals surface area (Å²) in [5.74, 6) is 0.457. The highest BCUT2D eigenvalue weighted by molar-refractivity contribution is 6.31. The van der Waals surface area contributed by atoms with Crippen molar-refractivity contribution in [3.05, 3.63) is 70.9 Å². The number of fused-ring (bicyclic) bond motifs is 1. The molecule has 1 heterocycles. The third-order valence-corrected chi connectivity index (χ3v) is 3.70. The van der Waals surface area contributed by atoms with E-state index in [0.29, 0.717) is 22.8 Å². The molecule has 2 nitrogen and oxygen atoms in total. The number of halogens is 1. The van der Waals surface area contributed by atoms with Crippen molar-refractivity contribution in [2.75, 3.05) is 0 Å². The van der Waals surface area contributed by atoms with E-state index in [1.165, 1.54) is 5.56 Å². The molecule has 21 heavy (non-hydrogen) atoms. The van der Waals surface area contributed by atoms with Crippen molar-refractivity contribution in [1.82, 2.24) is 0 Å². The van der Waals surface area contributed by atoms with Crippen molar-refractivity contribution in [2.45, 2.75) is 19.3 Å². The molecule has 0 atom stereocenters. The van der Waals surface area contributed by atoms with Crippen LogP contribution in [0.1, 0.15) is 29.0 Å². The molecule has 2 aromatic carbocycles. The van der Waals surface area contributed by atoms with Gasteiger partial charge in [-0.2, -0.15) is 0 Å². The van der Waals surface area contributed by atoms with Crippen LogP contribution in [0.15, 0.2) is 59.0 Å². The molecule has 1 aromatic heterocycles. The highest BCUT2D eigenvalue weighted by Gasteiger charge is 2.12. The molecular formula is C18H15ClO2. The summed E-state index contributed by atoms with van der Waals surface area (Å²) in [7, 11) is 0. The van der Waals surface area contributed by atoms with E-state index in [4.69, 9.17) is 16.0 Å². The number of furan rings is 1. The number of carbonyl (C=O) groups is 1. The van der Waals surface area contributed by atoms with E-state index in [2.05, 4.69) is 12.1 Å². The second kappa shape index (κ2) is 6.15. The SMILES string of the molecule is O=C(CCCc1ccccc1)c1cc2cc(Cl)ccc2o1. The van der Waals surface area contributed by atoms with Gasteiger partial charge in [0.15, 0.2) is 11.5 Å². The van der Waals surface area contributed by atoms with Gasteiger partial charge in [-0.25, -0.2) is 0 Å². The fraction of sp³-hybridized carbons (Fsp3) is 0.167. The lowest BCUT2D eigenvalue weighted by atomic mass is 10.1. The molecule has 0 fully saturated rings. The monoisotopic (exact) mass is 298 g/mol. The average molecular weight is 299 g/mol. The highest BCUT2D eigenvalue weighted by Crippen LogP contribution is 2.24. The number of aryl methyl sites for hydroxylation is 1. The Morgan fingerprint density at radius 3 is 2.67 bits per heavy atom. The minimum atomic E-state index is 0.0400. The third kappa shape index (κ3) is 3.34. The zero-order chi connectivity index (χ0) is 14.7. The van der Waals surface area contributed by atoms with Crippen LogP contribution in [0.5, 0.6) is 0 Å². The molecule has 106 valence electrons. The van der Waals surface area contributed by atoms with Crippen LogP contribution in [0.4, 0.5) is 0 Å². The van der Waals surface area contributed by atoms with Crippen molar-refractivity contribution < 1.29 is 9.21 Å². The van der Waals surface area contributed by atoms with Crippen LogP contribution in [-0.2, 0) is 6.42 Å². The number of hydrogen-bond donors (Lipinski definition) is 0. The molecule has 0 N–H and O–H groups in total. The van der Waals surface area contributed by atoms with Crippen LogP contribution in [0, 0.1) is 0 Å². The predicted octanol–water partition coefficient (Wildman–Crippen LogP) is 5.29. The van der Waals surface area contributed by atoms with E-state index in [9.17, 15) is 4.79 Å².